The first-order valence-corrected chi connectivity index (χ1v) is 6.38. The normalized spacial score (nSPS) is 11.9. The molecule has 5 heteroatoms. The van der Waals surface area contributed by atoms with E-state index in [0.717, 1.165) is 16.6 Å². The van der Waals surface area contributed by atoms with Crippen molar-refractivity contribution in [3.05, 3.63) is 36.5 Å². The third kappa shape index (κ3) is 2.93. The fraction of sp³-hybridized carbons (Fsp3) is 0.267. The number of carbonyl (C=O) groups is 2. The molecule has 0 aliphatic heterocycles. The number of pyridine rings is 1. The molecule has 0 unspecified atom stereocenters. The third-order valence-electron chi connectivity index (χ3n) is 3.09. The van der Waals surface area contributed by atoms with Gasteiger partial charge in [0.15, 0.2) is 0 Å². The van der Waals surface area contributed by atoms with E-state index in [4.69, 9.17) is 0 Å². The molecule has 1 heterocycles. The lowest BCUT2D eigenvalue weighted by atomic mass is 10.1. The molecule has 0 saturated heterocycles. The number of rotatable bonds is 3. The van der Waals surface area contributed by atoms with Crippen molar-refractivity contribution in [3.8, 4) is 0 Å². The van der Waals surface area contributed by atoms with Crippen molar-refractivity contribution in [2.24, 2.45) is 0 Å². The molecule has 1 N–H and O–H groups in total. The van der Waals surface area contributed by atoms with Gasteiger partial charge < -0.3 is 10.2 Å². The second-order valence-corrected chi connectivity index (χ2v) is 4.70. The van der Waals surface area contributed by atoms with E-state index in [-0.39, 0.29) is 11.8 Å². The van der Waals surface area contributed by atoms with Crippen molar-refractivity contribution in [1.82, 2.24) is 10.3 Å². The summed E-state index contributed by atoms with van der Waals surface area (Å²) in [4.78, 5) is 29.0. The average molecular weight is 271 g/mol. The molecule has 0 radical (unpaired) electrons. The number of anilines is 1. The number of nitrogens with one attached hydrogen (secondary N) is 1. The van der Waals surface area contributed by atoms with E-state index in [9.17, 15) is 9.59 Å². The first-order valence-electron chi connectivity index (χ1n) is 6.38. The molecule has 5 nitrogen and oxygen atoms in total. The molecular formula is C15H17N3O2. The van der Waals surface area contributed by atoms with Crippen molar-refractivity contribution in [1.29, 1.82) is 0 Å². The van der Waals surface area contributed by atoms with Gasteiger partial charge in [0.25, 0.3) is 0 Å². The zero-order chi connectivity index (χ0) is 14.7. The second kappa shape index (κ2) is 5.69. The average Bonchev–Trinajstić information content (AvgIpc) is 2.44. The number of benzene rings is 1. The van der Waals surface area contributed by atoms with Crippen molar-refractivity contribution in [2.75, 3.05) is 11.9 Å². The van der Waals surface area contributed by atoms with E-state index < -0.39 is 6.04 Å². The highest BCUT2D eigenvalue weighted by molar-refractivity contribution is 5.99. The summed E-state index contributed by atoms with van der Waals surface area (Å²) in [7, 11) is 1.69. The molecule has 104 valence electrons. The van der Waals surface area contributed by atoms with Gasteiger partial charge in [-0.1, -0.05) is 6.07 Å². The fourth-order valence-corrected chi connectivity index (χ4v) is 2.06. The predicted octanol–water partition coefficient (Wildman–Crippen LogP) is 1.72. The number of carbonyl (C=O) groups excluding carboxylic acids is 2. The summed E-state index contributed by atoms with van der Waals surface area (Å²) in [6, 6.07) is 8.86. The molecule has 0 aliphatic rings. The Kier molecular flexibility index (Phi) is 3.98. The molecule has 0 spiro atoms. The number of hydrogen-bond acceptors (Lipinski definition) is 3. The van der Waals surface area contributed by atoms with Crippen LogP contribution in [0.25, 0.3) is 10.9 Å². The van der Waals surface area contributed by atoms with E-state index in [1.165, 1.54) is 11.8 Å². The Balaban J connectivity index is 2.24. The maximum absolute atomic E-state index is 12.2. The third-order valence-corrected chi connectivity index (χ3v) is 3.09. The van der Waals surface area contributed by atoms with E-state index >= 15 is 0 Å². The highest BCUT2D eigenvalue weighted by atomic mass is 16.2. The van der Waals surface area contributed by atoms with Gasteiger partial charge in [0.1, 0.15) is 6.04 Å². The summed E-state index contributed by atoms with van der Waals surface area (Å²) >= 11 is 0. The first-order chi connectivity index (χ1) is 9.49. The van der Waals surface area contributed by atoms with Gasteiger partial charge in [-0.15, -0.1) is 0 Å². The standard InChI is InChI=1S/C15H17N3O2/c1-10(17-11(2)19)15(20)18(3)13-6-7-14-12(9-13)5-4-8-16-14/h4-10H,1-3H3,(H,17,19)/t10-/m0/s1. The predicted molar refractivity (Wildman–Crippen MR) is 78.4 cm³/mol. The molecule has 1 aromatic heterocycles. The number of hydrogen-bond donors (Lipinski definition) is 1. The largest absolute Gasteiger partial charge is 0.345 e. The quantitative estimate of drug-likeness (QED) is 0.924. The number of fused-ring (bicyclic) bond motifs is 1. The van der Waals surface area contributed by atoms with Gasteiger partial charge in [-0.05, 0) is 31.2 Å². The molecular weight excluding hydrogens is 254 g/mol. The first kappa shape index (κ1) is 14.0. The van der Waals surface area contributed by atoms with Crippen molar-refractivity contribution < 1.29 is 9.59 Å². The van der Waals surface area contributed by atoms with Gasteiger partial charge in [0.05, 0.1) is 5.52 Å². The lowest BCUT2D eigenvalue weighted by Crippen LogP contribution is -2.44. The lowest BCUT2D eigenvalue weighted by Gasteiger charge is -2.22. The Morgan fingerprint density at radius 2 is 2.05 bits per heavy atom. The molecule has 2 amide bonds. The lowest BCUT2D eigenvalue weighted by molar-refractivity contribution is -0.125. The maximum Gasteiger partial charge on any atom is 0.249 e. The molecule has 0 aliphatic carbocycles. The zero-order valence-electron chi connectivity index (χ0n) is 11.8. The minimum absolute atomic E-state index is 0.163. The van der Waals surface area contributed by atoms with Crippen LogP contribution < -0.4 is 10.2 Å². The van der Waals surface area contributed by atoms with Crippen LogP contribution in [0.1, 0.15) is 13.8 Å². The van der Waals surface area contributed by atoms with Gasteiger partial charge in [-0.3, -0.25) is 14.6 Å². The monoisotopic (exact) mass is 271 g/mol. The number of likely N-dealkylation sites (N-methyl/N-ethyl adjacent to an activating group) is 1. The van der Waals surface area contributed by atoms with Gasteiger partial charge in [-0.25, -0.2) is 0 Å². The van der Waals surface area contributed by atoms with Gasteiger partial charge in [0.2, 0.25) is 11.8 Å². The molecule has 20 heavy (non-hydrogen) atoms. The van der Waals surface area contributed by atoms with Crippen molar-refractivity contribution in [2.45, 2.75) is 19.9 Å². The van der Waals surface area contributed by atoms with Gasteiger partial charge in [-0.2, -0.15) is 0 Å². The zero-order valence-corrected chi connectivity index (χ0v) is 11.8. The highest BCUT2D eigenvalue weighted by Gasteiger charge is 2.19. The highest BCUT2D eigenvalue weighted by Crippen LogP contribution is 2.20. The topological polar surface area (TPSA) is 62.3 Å². The number of amides is 2. The van der Waals surface area contributed by atoms with Crippen LogP contribution in [0.4, 0.5) is 5.69 Å². The van der Waals surface area contributed by atoms with Gasteiger partial charge in [0, 0.05) is 31.2 Å². The van der Waals surface area contributed by atoms with E-state index in [0.29, 0.717) is 0 Å². The van der Waals surface area contributed by atoms with Crippen molar-refractivity contribution in [3.63, 3.8) is 0 Å². The summed E-state index contributed by atoms with van der Waals surface area (Å²) in [5, 5.41) is 3.56. The Morgan fingerprint density at radius 3 is 2.75 bits per heavy atom. The van der Waals surface area contributed by atoms with Crippen LogP contribution in [0.5, 0.6) is 0 Å². The van der Waals surface area contributed by atoms with E-state index in [1.807, 2.05) is 30.3 Å². The minimum Gasteiger partial charge on any atom is -0.345 e. The molecule has 0 saturated carbocycles. The molecule has 0 fully saturated rings. The Bertz CT molecular complexity index is 654. The van der Waals surface area contributed by atoms with E-state index in [2.05, 4.69) is 10.3 Å². The maximum atomic E-state index is 12.2. The minimum atomic E-state index is -0.554. The Hall–Kier alpha value is -2.43. The molecule has 1 aromatic carbocycles. The van der Waals surface area contributed by atoms with Crippen LogP contribution in [-0.4, -0.2) is 29.9 Å². The molecule has 2 rings (SSSR count). The number of nitrogens with zero attached hydrogens (tertiary/aromatic N) is 2. The SMILES string of the molecule is CC(=O)N[C@@H](C)C(=O)N(C)c1ccc2ncccc2c1. The van der Waals surface area contributed by atoms with Crippen LogP contribution in [0.3, 0.4) is 0 Å². The van der Waals surface area contributed by atoms with Crippen LogP contribution >= 0.6 is 0 Å². The summed E-state index contributed by atoms with van der Waals surface area (Å²) in [5.74, 6) is -0.384. The summed E-state index contributed by atoms with van der Waals surface area (Å²) in [6.45, 7) is 3.06. The molecule has 2 aromatic rings. The summed E-state index contributed by atoms with van der Waals surface area (Å²) in [5.41, 5.74) is 1.65. The van der Waals surface area contributed by atoms with Crippen LogP contribution in [0.2, 0.25) is 0 Å². The Labute approximate surface area is 117 Å². The van der Waals surface area contributed by atoms with Crippen LogP contribution in [0, 0.1) is 0 Å². The molecule has 0 bridgehead atoms. The summed E-state index contributed by atoms with van der Waals surface area (Å²) < 4.78 is 0. The molecule has 1 atom stereocenters. The van der Waals surface area contributed by atoms with Crippen LogP contribution in [-0.2, 0) is 9.59 Å². The number of aromatic nitrogens is 1. The smallest absolute Gasteiger partial charge is 0.249 e. The van der Waals surface area contributed by atoms with Gasteiger partial charge >= 0.3 is 0 Å². The van der Waals surface area contributed by atoms with E-state index in [1.54, 1.807) is 20.2 Å². The second-order valence-electron chi connectivity index (χ2n) is 4.70. The van der Waals surface area contributed by atoms with Crippen molar-refractivity contribution >= 4 is 28.4 Å². The fourth-order valence-electron chi connectivity index (χ4n) is 2.06. The van der Waals surface area contributed by atoms with Crippen LogP contribution in [0.15, 0.2) is 36.5 Å². The summed E-state index contributed by atoms with van der Waals surface area (Å²) in [6.07, 6.45) is 1.73. The Morgan fingerprint density at radius 1 is 1.30 bits per heavy atom.